The highest BCUT2D eigenvalue weighted by atomic mass is 32.1. The van der Waals surface area contributed by atoms with Crippen LogP contribution >= 0.6 is 22.7 Å². The van der Waals surface area contributed by atoms with E-state index in [1.807, 2.05) is 18.3 Å². The molecule has 0 unspecified atom stereocenters. The second kappa shape index (κ2) is 6.89. The molecule has 3 heterocycles. The van der Waals surface area contributed by atoms with Crippen LogP contribution in [0.3, 0.4) is 0 Å². The molecule has 4 nitrogen and oxygen atoms in total. The normalized spacial score (nSPS) is 14.8. The Labute approximate surface area is 139 Å². The maximum absolute atomic E-state index is 12.2. The largest absolute Gasteiger partial charge is 0.350 e. The van der Waals surface area contributed by atoms with Crippen LogP contribution in [0, 0.1) is 6.92 Å². The number of nitrogens with one attached hydrogen (secondary N) is 1. The van der Waals surface area contributed by atoms with Crippen molar-refractivity contribution in [2.24, 2.45) is 0 Å². The van der Waals surface area contributed by atoms with E-state index in [9.17, 15) is 4.79 Å². The SMILES string of the molecule is CCc1nc(C)c(C(=O)NCCN2CCc3sccc3C2)s1. The van der Waals surface area contributed by atoms with Crippen molar-refractivity contribution in [3.05, 3.63) is 37.5 Å². The molecule has 1 aliphatic heterocycles. The van der Waals surface area contributed by atoms with Crippen LogP contribution < -0.4 is 5.32 Å². The topological polar surface area (TPSA) is 45.2 Å². The third kappa shape index (κ3) is 3.39. The number of hydrogen-bond acceptors (Lipinski definition) is 5. The Balaban J connectivity index is 1.49. The minimum Gasteiger partial charge on any atom is -0.350 e. The average Bonchev–Trinajstić information content (AvgIpc) is 3.12. The molecular weight excluding hydrogens is 314 g/mol. The Bertz CT molecular complexity index is 662. The van der Waals surface area contributed by atoms with Crippen LogP contribution in [0.25, 0.3) is 0 Å². The number of carbonyl (C=O) groups is 1. The number of aromatic nitrogens is 1. The lowest BCUT2D eigenvalue weighted by Crippen LogP contribution is -2.37. The summed E-state index contributed by atoms with van der Waals surface area (Å²) < 4.78 is 0. The molecule has 6 heteroatoms. The van der Waals surface area contributed by atoms with Crippen LogP contribution in [-0.2, 0) is 19.4 Å². The van der Waals surface area contributed by atoms with Gasteiger partial charge in [-0.2, -0.15) is 0 Å². The van der Waals surface area contributed by atoms with Gasteiger partial charge in [0.15, 0.2) is 0 Å². The Kier molecular flexibility index (Phi) is 4.90. The predicted molar refractivity (Wildman–Crippen MR) is 91.9 cm³/mol. The molecule has 3 rings (SSSR count). The van der Waals surface area contributed by atoms with Gasteiger partial charge in [0.1, 0.15) is 4.88 Å². The maximum Gasteiger partial charge on any atom is 0.263 e. The molecule has 0 aromatic carbocycles. The van der Waals surface area contributed by atoms with Gasteiger partial charge in [-0.3, -0.25) is 9.69 Å². The number of aryl methyl sites for hydroxylation is 2. The van der Waals surface area contributed by atoms with E-state index in [0.29, 0.717) is 6.54 Å². The smallest absolute Gasteiger partial charge is 0.263 e. The summed E-state index contributed by atoms with van der Waals surface area (Å²) in [6.07, 6.45) is 2.02. The van der Waals surface area contributed by atoms with Gasteiger partial charge < -0.3 is 5.32 Å². The average molecular weight is 335 g/mol. The van der Waals surface area contributed by atoms with E-state index in [2.05, 4.69) is 33.6 Å². The van der Waals surface area contributed by atoms with E-state index in [0.717, 1.165) is 48.1 Å². The van der Waals surface area contributed by atoms with Crippen LogP contribution in [-0.4, -0.2) is 35.4 Å². The Morgan fingerprint density at radius 1 is 1.50 bits per heavy atom. The Hall–Kier alpha value is -1.24. The molecule has 22 heavy (non-hydrogen) atoms. The second-order valence-corrected chi connectivity index (χ2v) is 7.61. The minimum absolute atomic E-state index is 0.0166. The van der Waals surface area contributed by atoms with Gasteiger partial charge in [-0.25, -0.2) is 4.98 Å². The monoisotopic (exact) mass is 335 g/mol. The van der Waals surface area contributed by atoms with Gasteiger partial charge >= 0.3 is 0 Å². The molecule has 0 fully saturated rings. The first-order valence-electron chi connectivity index (χ1n) is 7.69. The highest BCUT2D eigenvalue weighted by Gasteiger charge is 2.18. The first-order valence-corrected chi connectivity index (χ1v) is 9.39. The van der Waals surface area contributed by atoms with Crippen molar-refractivity contribution >= 4 is 28.6 Å². The molecule has 0 saturated carbocycles. The molecule has 0 bridgehead atoms. The van der Waals surface area contributed by atoms with Gasteiger partial charge in [-0.15, -0.1) is 22.7 Å². The van der Waals surface area contributed by atoms with Gasteiger partial charge in [0.05, 0.1) is 10.7 Å². The van der Waals surface area contributed by atoms with E-state index >= 15 is 0 Å². The van der Waals surface area contributed by atoms with Crippen molar-refractivity contribution in [3.8, 4) is 0 Å². The van der Waals surface area contributed by atoms with Gasteiger partial charge in [0, 0.05) is 31.1 Å². The van der Waals surface area contributed by atoms with Crippen LogP contribution in [0.4, 0.5) is 0 Å². The highest BCUT2D eigenvalue weighted by molar-refractivity contribution is 7.13. The first-order chi connectivity index (χ1) is 10.7. The van der Waals surface area contributed by atoms with Crippen molar-refractivity contribution in [1.82, 2.24) is 15.2 Å². The molecule has 2 aromatic rings. The number of rotatable bonds is 5. The number of nitrogens with zero attached hydrogens (tertiary/aromatic N) is 2. The molecule has 0 aliphatic carbocycles. The van der Waals surface area contributed by atoms with E-state index in [4.69, 9.17) is 0 Å². The van der Waals surface area contributed by atoms with Crippen molar-refractivity contribution < 1.29 is 4.79 Å². The lowest BCUT2D eigenvalue weighted by molar-refractivity contribution is 0.0950. The summed E-state index contributed by atoms with van der Waals surface area (Å²) in [5.74, 6) is 0.0166. The van der Waals surface area contributed by atoms with E-state index < -0.39 is 0 Å². The van der Waals surface area contributed by atoms with Crippen molar-refractivity contribution in [1.29, 1.82) is 0 Å². The van der Waals surface area contributed by atoms with Crippen molar-refractivity contribution in [2.75, 3.05) is 19.6 Å². The van der Waals surface area contributed by atoms with E-state index in [1.54, 1.807) is 0 Å². The molecule has 1 aliphatic rings. The molecule has 118 valence electrons. The third-order valence-electron chi connectivity index (χ3n) is 3.95. The predicted octanol–water partition coefficient (Wildman–Crippen LogP) is 2.86. The highest BCUT2D eigenvalue weighted by Crippen LogP contribution is 2.23. The zero-order chi connectivity index (χ0) is 15.5. The van der Waals surface area contributed by atoms with E-state index in [-0.39, 0.29) is 5.91 Å². The standard InChI is InChI=1S/C16H21N3OS2/c1-3-14-18-11(2)15(22-14)16(20)17-6-8-19-7-4-13-12(10-19)5-9-21-13/h5,9H,3-4,6-8,10H2,1-2H3,(H,17,20). The molecular formula is C16H21N3OS2. The van der Waals surface area contributed by atoms with Gasteiger partial charge in [0.2, 0.25) is 0 Å². The zero-order valence-electron chi connectivity index (χ0n) is 13.0. The van der Waals surface area contributed by atoms with Gasteiger partial charge in [0.25, 0.3) is 5.91 Å². The summed E-state index contributed by atoms with van der Waals surface area (Å²) in [7, 11) is 0. The number of thiazole rings is 1. The molecule has 2 aromatic heterocycles. The Morgan fingerprint density at radius 3 is 3.14 bits per heavy atom. The lowest BCUT2D eigenvalue weighted by atomic mass is 10.1. The summed E-state index contributed by atoms with van der Waals surface area (Å²) in [6.45, 7) is 7.66. The minimum atomic E-state index is 0.0166. The van der Waals surface area contributed by atoms with Crippen LogP contribution in [0.2, 0.25) is 0 Å². The maximum atomic E-state index is 12.2. The molecule has 1 N–H and O–H groups in total. The second-order valence-electron chi connectivity index (χ2n) is 5.53. The van der Waals surface area contributed by atoms with Crippen molar-refractivity contribution in [2.45, 2.75) is 33.2 Å². The summed E-state index contributed by atoms with van der Waals surface area (Å²) in [4.78, 5) is 21.3. The van der Waals surface area contributed by atoms with Crippen LogP contribution in [0.1, 0.15) is 37.7 Å². The lowest BCUT2D eigenvalue weighted by Gasteiger charge is -2.26. The number of carbonyl (C=O) groups excluding carboxylic acids is 1. The fraction of sp³-hybridized carbons (Fsp3) is 0.500. The number of fused-ring (bicyclic) bond motifs is 1. The zero-order valence-corrected chi connectivity index (χ0v) is 14.6. The molecule has 0 saturated heterocycles. The molecule has 1 amide bonds. The van der Waals surface area contributed by atoms with Gasteiger partial charge in [-0.05, 0) is 36.8 Å². The quantitative estimate of drug-likeness (QED) is 0.914. The number of amides is 1. The summed E-state index contributed by atoms with van der Waals surface area (Å²) in [5, 5.41) is 6.24. The fourth-order valence-electron chi connectivity index (χ4n) is 2.72. The fourth-order valence-corrected chi connectivity index (χ4v) is 4.53. The first kappa shape index (κ1) is 15.6. The van der Waals surface area contributed by atoms with Crippen LogP contribution in [0.5, 0.6) is 0 Å². The van der Waals surface area contributed by atoms with E-state index in [1.165, 1.54) is 21.8 Å². The number of thiophene rings is 1. The van der Waals surface area contributed by atoms with Crippen molar-refractivity contribution in [3.63, 3.8) is 0 Å². The summed E-state index contributed by atoms with van der Waals surface area (Å²) in [6, 6.07) is 2.22. The third-order valence-corrected chi connectivity index (χ3v) is 6.27. The van der Waals surface area contributed by atoms with Gasteiger partial charge in [-0.1, -0.05) is 6.92 Å². The Morgan fingerprint density at radius 2 is 2.36 bits per heavy atom. The molecule has 0 radical (unpaired) electrons. The summed E-state index contributed by atoms with van der Waals surface area (Å²) in [5.41, 5.74) is 2.30. The molecule has 0 spiro atoms. The molecule has 0 atom stereocenters. The summed E-state index contributed by atoms with van der Waals surface area (Å²) >= 11 is 3.37. The number of hydrogen-bond donors (Lipinski definition) is 1. The van der Waals surface area contributed by atoms with Crippen LogP contribution in [0.15, 0.2) is 11.4 Å².